The Morgan fingerprint density at radius 3 is 1.59 bits per heavy atom. The number of nitrogens with one attached hydrogen (secondary N) is 3. The van der Waals surface area contributed by atoms with Crippen LogP contribution in [0, 0.1) is 93.2 Å². The molecule has 0 heterocycles. The van der Waals surface area contributed by atoms with Crippen LogP contribution in [0.25, 0.3) is 0 Å². The average Bonchev–Trinajstić information content (AvgIpc) is 4.04. The first kappa shape index (κ1) is 48.7. The summed E-state index contributed by atoms with van der Waals surface area (Å²) in [5.41, 5.74) is -0.578. The van der Waals surface area contributed by atoms with E-state index in [9.17, 15) is 9.59 Å². The fourth-order valence-corrected chi connectivity index (χ4v) is 10.2. The Labute approximate surface area is 348 Å². The van der Waals surface area contributed by atoms with Crippen LogP contribution in [0.2, 0.25) is 0 Å². The highest BCUT2D eigenvalue weighted by molar-refractivity contribution is 5.67. The molecular formula is C44H74N6O8. The Kier molecular flexibility index (Phi) is 23.4. The topological polar surface area (TPSA) is 197 Å². The van der Waals surface area contributed by atoms with E-state index in [-0.39, 0.29) is 13.2 Å². The molecule has 6 bridgehead atoms. The summed E-state index contributed by atoms with van der Waals surface area (Å²) in [4.78, 5) is 23.0. The molecule has 6 rings (SSSR count). The van der Waals surface area contributed by atoms with E-state index >= 15 is 0 Å². The van der Waals surface area contributed by atoms with Gasteiger partial charge in [0.25, 0.3) is 18.8 Å². The van der Waals surface area contributed by atoms with Crippen molar-refractivity contribution >= 4 is 12.2 Å². The van der Waals surface area contributed by atoms with E-state index in [4.69, 9.17) is 44.2 Å². The predicted molar refractivity (Wildman–Crippen MR) is 218 cm³/mol. The van der Waals surface area contributed by atoms with Gasteiger partial charge in [0.05, 0.1) is 18.8 Å². The lowest BCUT2D eigenvalue weighted by Gasteiger charge is -2.31. The summed E-state index contributed by atoms with van der Waals surface area (Å²) in [6, 6.07) is 0. The quantitative estimate of drug-likeness (QED) is 0.0686. The second kappa shape index (κ2) is 27.9. The zero-order chi connectivity index (χ0) is 42.0. The van der Waals surface area contributed by atoms with E-state index in [0.29, 0.717) is 70.4 Å². The van der Waals surface area contributed by atoms with Crippen LogP contribution >= 0.6 is 0 Å². The number of nitriles is 3. The van der Waals surface area contributed by atoms with Gasteiger partial charge in [0, 0.05) is 13.1 Å². The van der Waals surface area contributed by atoms with E-state index in [2.05, 4.69) is 16.0 Å². The third-order valence-electron chi connectivity index (χ3n) is 13.4. The molecular weight excluding hydrogens is 741 g/mol. The van der Waals surface area contributed by atoms with Crippen molar-refractivity contribution in [2.45, 2.75) is 124 Å². The third kappa shape index (κ3) is 17.7. The van der Waals surface area contributed by atoms with Gasteiger partial charge in [-0.2, -0.15) is 15.8 Å². The van der Waals surface area contributed by atoms with Crippen LogP contribution in [-0.4, -0.2) is 78.2 Å². The second-order valence-electron chi connectivity index (χ2n) is 17.5. The summed E-state index contributed by atoms with van der Waals surface area (Å²) < 4.78 is 30.4. The number of hydrogen-bond acceptors (Lipinski definition) is 12. The number of carbonyl (C=O) groups excluding carboxylic acids is 2. The van der Waals surface area contributed by atoms with E-state index in [1.54, 1.807) is 18.8 Å². The van der Waals surface area contributed by atoms with Gasteiger partial charge < -0.3 is 39.1 Å². The Morgan fingerprint density at radius 1 is 0.569 bits per heavy atom. The van der Waals surface area contributed by atoms with E-state index in [1.807, 2.05) is 27.7 Å². The molecule has 0 saturated heterocycles. The van der Waals surface area contributed by atoms with Crippen molar-refractivity contribution in [2.24, 2.45) is 58.7 Å². The number of amides is 2. The SMILES string of the molecule is CCNCOCC(CC)(COC(=O)NCC)COC(=O)NCC.N#COCC1CC2CCC(C2)C1.N#COCC1CC2CCC1C2.N#COCC1CCC2CCC1C2. The van der Waals surface area contributed by atoms with Crippen LogP contribution < -0.4 is 16.0 Å². The average molecular weight is 815 g/mol. The highest BCUT2D eigenvalue weighted by atomic mass is 16.6. The molecule has 14 heteroatoms. The van der Waals surface area contributed by atoms with Crippen LogP contribution in [0.1, 0.15) is 124 Å². The molecule has 14 nitrogen and oxygen atoms in total. The van der Waals surface area contributed by atoms with E-state index in [0.717, 1.165) is 42.1 Å². The van der Waals surface area contributed by atoms with Crippen LogP contribution in [-0.2, 0) is 28.4 Å². The van der Waals surface area contributed by atoms with Crippen LogP contribution in [0.3, 0.4) is 0 Å². The van der Waals surface area contributed by atoms with Gasteiger partial charge in [-0.15, -0.1) is 0 Å². The summed E-state index contributed by atoms with van der Waals surface area (Å²) in [6.45, 7) is 12.3. The van der Waals surface area contributed by atoms with Gasteiger partial charge in [0.1, 0.15) is 33.0 Å². The number of carbonyl (C=O) groups is 2. The Balaban J connectivity index is 0.000000217. The Hall–Kier alpha value is -3.67. The van der Waals surface area contributed by atoms with Crippen molar-refractivity contribution in [1.82, 2.24) is 16.0 Å². The van der Waals surface area contributed by atoms with Crippen LogP contribution in [0.15, 0.2) is 0 Å². The molecule has 8 unspecified atom stereocenters. The van der Waals surface area contributed by atoms with Gasteiger partial charge in [0.15, 0.2) is 0 Å². The molecule has 3 N–H and O–H groups in total. The summed E-state index contributed by atoms with van der Waals surface area (Å²) in [6.07, 6.45) is 24.2. The first-order valence-corrected chi connectivity index (χ1v) is 22.3. The van der Waals surface area contributed by atoms with Crippen molar-refractivity contribution < 1.29 is 38.0 Å². The molecule has 8 atom stereocenters. The van der Waals surface area contributed by atoms with Crippen LogP contribution in [0.4, 0.5) is 9.59 Å². The summed E-state index contributed by atoms with van der Waals surface area (Å²) in [5.74, 6) is 7.70. The molecule has 0 radical (unpaired) electrons. The molecule has 6 aliphatic carbocycles. The number of rotatable bonds is 18. The third-order valence-corrected chi connectivity index (χ3v) is 13.4. The minimum Gasteiger partial charge on any atom is -0.449 e. The molecule has 0 aromatic carbocycles. The van der Waals surface area contributed by atoms with Crippen molar-refractivity contribution in [2.75, 3.05) is 66.0 Å². The number of nitrogens with zero attached hydrogens (tertiary/aromatic N) is 3. The number of alkyl carbamates (subject to hydrolysis) is 2. The smallest absolute Gasteiger partial charge is 0.407 e. The molecule has 0 aromatic heterocycles. The number of hydrogen-bond donors (Lipinski definition) is 3. The van der Waals surface area contributed by atoms with E-state index in [1.165, 1.54) is 89.9 Å². The van der Waals surface area contributed by atoms with Crippen molar-refractivity contribution in [3.05, 3.63) is 0 Å². The van der Waals surface area contributed by atoms with Gasteiger partial charge in [-0.1, -0.05) is 46.0 Å². The summed E-state index contributed by atoms with van der Waals surface area (Å²) >= 11 is 0. The minimum absolute atomic E-state index is 0.112. The second-order valence-corrected chi connectivity index (χ2v) is 17.5. The van der Waals surface area contributed by atoms with Gasteiger partial charge >= 0.3 is 12.2 Å². The highest BCUT2D eigenvalue weighted by Gasteiger charge is 2.40. The molecule has 6 saturated carbocycles. The fourth-order valence-electron chi connectivity index (χ4n) is 10.2. The monoisotopic (exact) mass is 815 g/mol. The fraction of sp³-hybridized carbons (Fsp3) is 0.886. The first-order valence-electron chi connectivity index (χ1n) is 22.3. The molecule has 328 valence electrons. The van der Waals surface area contributed by atoms with Crippen LogP contribution in [0.5, 0.6) is 0 Å². The van der Waals surface area contributed by atoms with Gasteiger partial charge in [-0.25, -0.2) is 9.59 Å². The van der Waals surface area contributed by atoms with Gasteiger partial charge in [0.2, 0.25) is 0 Å². The van der Waals surface area contributed by atoms with E-state index < -0.39 is 17.6 Å². The molecule has 58 heavy (non-hydrogen) atoms. The van der Waals surface area contributed by atoms with Crippen molar-refractivity contribution in [3.8, 4) is 18.8 Å². The highest BCUT2D eigenvalue weighted by Crippen LogP contribution is 2.48. The Morgan fingerprint density at radius 2 is 1.07 bits per heavy atom. The maximum atomic E-state index is 11.5. The van der Waals surface area contributed by atoms with Gasteiger partial charge in [-0.05, 0) is 138 Å². The molecule has 2 amide bonds. The molecule has 0 aliphatic heterocycles. The summed E-state index contributed by atoms with van der Waals surface area (Å²) in [7, 11) is 0. The maximum Gasteiger partial charge on any atom is 0.407 e. The summed E-state index contributed by atoms with van der Waals surface area (Å²) in [5, 5.41) is 33.0. The number of ether oxygens (including phenoxy) is 6. The predicted octanol–water partition coefficient (Wildman–Crippen LogP) is 8.00. The lowest BCUT2D eigenvalue weighted by Crippen LogP contribution is -2.41. The molecule has 6 fully saturated rings. The van der Waals surface area contributed by atoms with Crippen molar-refractivity contribution in [3.63, 3.8) is 0 Å². The van der Waals surface area contributed by atoms with Crippen molar-refractivity contribution in [1.29, 1.82) is 15.8 Å². The zero-order valence-corrected chi connectivity index (χ0v) is 36.0. The maximum absolute atomic E-state index is 11.5. The molecule has 6 aliphatic rings. The number of fused-ring (bicyclic) bond motifs is 6. The first-order chi connectivity index (χ1) is 28.2. The molecule has 0 spiro atoms. The lowest BCUT2D eigenvalue weighted by molar-refractivity contribution is -0.0416. The lowest BCUT2D eigenvalue weighted by atomic mass is 9.80. The Bertz CT molecular complexity index is 1270. The largest absolute Gasteiger partial charge is 0.449 e. The minimum atomic E-state index is -0.578. The standard InChI is InChI=1S/C15H31N3O5.2C10H15NO.C9H13NO/c1-5-15(9-21-12-16-6-2,10-22-13(19)17-7-3)11-23-14(20)18-8-4;11-7-12-6-10-4-2-8-1-3-9(10)5-8;11-7-12-6-10-4-8-1-2-9(3-8)5-10;10-6-11-5-9-4-7-1-2-8(9)3-7/h16H,5-12H2,1-4H3,(H,17,19)(H,18,20);2*8-10H,1-6H2;7-9H,1-5H2. The molecule has 0 aromatic rings. The normalized spacial score (nSPS) is 28.2. The van der Waals surface area contributed by atoms with Gasteiger partial charge in [-0.3, -0.25) is 5.32 Å². The zero-order valence-electron chi connectivity index (χ0n) is 36.0.